The van der Waals surface area contributed by atoms with Crippen LogP contribution in [0.1, 0.15) is 216 Å². The Bertz CT molecular complexity index is 2850. The number of aliphatic carboxylic acids is 2. The first kappa shape index (κ1) is 77.4. The van der Waals surface area contributed by atoms with Crippen molar-refractivity contribution in [1.82, 2.24) is 0 Å². The van der Waals surface area contributed by atoms with Crippen molar-refractivity contribution in [2.75, 3.05) is 6.61 Å². The molecule has 0 saturated heterocycles. The van der Waals surface area contributed by atoms with Crippen molar-refractivity contribution < 1.29 is 29.7 Å². The Morgan fingerprint density at radius 3 is 0.826 bits per heavy atom. The van der Waals surface area contributed by atoms with Crippen molar-refractivity contribution in [2.24, 2.45) is 21.7 Å². The summed E-state index contributed by atoms with van der Waals surface area (Å²) in [5.41, 5.74) is 21.3. The SMILES string of the molecule is CC1=C(/C=C/C(C)=C/C=C/C(C)=C/C(=O)O)C(C)(C)CCC1.CC1=C(/C=C/C(C)=C/C=C/C(C)=C/C=O)C(C)(C)CCC1.CC1=C(/C=C/C(C)=C/C=C/C(C)=C/CO)C(C)(C)CCC1.CC1=C(/C=C/C(C)=C/C=C\C(C)=C\C(=O)O)C(C)(C)CCC1. The zero-order valence-corrected chi connectivity index (χ0v) is 57.2. The minimum Gasteiger partial charge on any atom is -0.478 e. The zero-order valence-electron chi connectivity index (χ0n) is 57.2. The van der Waals surface area contributed by atoms with Crippen molar-refractivity contribution >= 4 is 18.2 Å². The van der Waals surface area contributed by atoms with E-state index in [0.717, 1.165) is 39.7 Å². The van der Waals surface area contributed by atoms with Crippen molar-refractivity contribution in [3.05, 3.63) is 235 Å². The number of aldehydes is 1. The molecule has 86 heavy (non-hydrogen) atoms. The lowest BCUT2D eigenvalue weighted by atomic mass is 9.72. The van der Waals surface area contributed by atoms with Crippen LogP contribution in [-0.4, -0.2) is 40.2 Å². The number of carboxylic acid groups (broad SMARTS) is 2. The van der Waals surface area contributed by atoms with Gasteiger partial charge in [0, 0.05) is 12.2 Å². The highest BCUT2D eigenvalue weighted by Gasteiger charge is 2.29. The Morgan fingerprint density at radius 1 is 0.372 bits per heavy atom. The average Bonchev–Trinajstić information content (AvgIpc) is 2.43. The second kappa shape index (κ2) is 39.2. The summed E-state index contributed by atoms with van der Waals surface area (Å²) in [5.74, 6) is -1.82. The topological polar surface area (TPSA) is 112 Å². The summed E-state index contributed by atoms with van der Waals surface area (Å²) >= 11 is 0. The van der Waals surface area contributed by atoms with E-state index in [1.807, 2.05) is 62.5 Å². The quantitative estimate of drug-likeness (QED) is 0.0636. The second-order valence-corrected chi connectivity index (χ2v) is 26.8. The third kappa shape index (κ3) is 31.7. The minimum atomic E-state index is -0.912. The van der Waals surface area contributed by atoms with Gasteiger partial charge in [-0.1, -0.05) is 233 Å². The predicted molar refractivity (Wildman–Crippen MR) is 373 cm³/mol. The van der Waals surface area contributed by atoms with Crippen LogP contribution >= 0.6 is 0 Å². The Kier molecular flexibility index (Phi) is 35.3. The van der Waals surface area contributed by atoms with Gasteiger partial charge >= 0.3 is 11.9 Å². The molecule has 4 aliphatic rings. The molecule has 6 heteroatoms. The largest absolute Gasteiger partial charge is 0.478 e. The van der Waals surface area contributed by atoms with Gasteiger partial charge in [0.15, 0.2) is 0 Å². The second-order valence-electron chi connectivity index (χ2n) is 26.8. The van der Waals surface area contributed by atoms with Gasteiger partial charge in [-0.05, 0) is 227 Å². The molecule has 0 radical (unpaired) electrons. The summed E-state index contributed by atoms with van der Waals surface area (Å²) in [4.78, 5) is 31.4. The number of aliphatic hydroxyl groups is 1. The number of hydrogen-bond donors (Lipinski definition) is 3. The van der Waals surface area contributed by atoms with Gasteiger partial charge in [0.1, 0.15) is 6.29 Å². The van der Waals surface area contributed by atoms with E-state index in [1.165, 1.54) is 145 Å². The highest BCUT2D eigenvalue weighted by molar-refractivity contribution is 5.81. The summed E-state index contributed by atoms with van der Waals surface area (Å²) in [7, 11) is 0. The summed E-state index contributed by atoms with van der Waals surface area (Å²) < 4.78 is 0. The maximum absolute atomic E-state index is 10.5. The summed E-state index contributed by atoms with van der Waals surface area (Å²) in [6.07, 6.45) is 63.0. The molecule has 4 aliphatic carbocycles. The number of carboxylic acids is 2. The predicted octanol–water partition coefficient (Wildman–Crippen LogP) is 22.4. The lowest BCUT2D eigenvalue weighted by Crippen LogP contribution is -2.19. The van der Waals surface area contributed by atoms with Crippen molar-refractivity contribution in [2.45, 2.75) is 216 Å². The highest BCUT2D eigenvalue weighted by Crippen LogP contribution is 2.44. The van der Waals surface area contributed by atoms with Crippen LogP contribution in [0, 0.1) is 21.7 Å². The van der Waals surface area contributed by atoms with E-state index < -0.39 is 11.9 Å². The molecule has 0 unspecified atom stereocenters. The third-order valence-electron chi connectivity index (χ3n) is 16.5. The molecule has 470 valence electrons. The maximum Gasteiger partial charge on any atom is 0.328 e. The van der Waals surface area contributed by atoms with Gasteiger partial charge < -0.3 is 15.3 Å². The fourth-order valence-corrected chi connectivity index (χ4v) is 11.4. The number of hydrogen-bond acceptors (Lipinski definition) is 4. The van der Waals surface area contributed by atoms with Crippen molar-refractivity contribution in [3.63, 3.8) is 0 Å². The molecule has 0 bridgehead atoms. The smallest absolute Gasteiger partial charge is 0.328 e. The molecule has 0 aromatic rings. The molecule has 3 N–H and O–H groups in total. The Labute approximate surface area is 524 Å². The van der Waals surface area contributed by atoms with Gasteiger partial charge in [0.25, 0.3) is 0 Å². The first-order valence-corrected chi connectivity index (χ1v) is 31.3. The van der Waals surface area contributed by atoms with E-state index >= 15 is 0 Å². The van der Waals surface area contributed by atoms with Crippen LogP contribution in [0.2, 0.25) is 0 Å². The first-order chi connectivity index (χ1) is 40.2. The van der Waals surface area contributed by atoms with E-state index in [2.05, 4.69) is 172 Å². The molecule has 0 saturated carbocycles. The number of rotatable bonds is 20. The Balaban J connectivity index is 0.000000573. The van der Waals surface area contributed by atoms with Gasteiger partial charge in [0.2, 0.25) is 0 Å². The molecular formula is C80H114O6. The lowest BCUT2D eigenvalue weighted by molar-refractivity contribution is -0.132. The van der Waals surface area contributed by atoms with E-state index in [0.29, 0.717) is 5.41 Å². The summed E-state index contributed by atoms with van der Waals surface area (Å²) in [6, 6.07) is 0. The summed E-state index contributed by atoms with van der Waals surface area (Å²) in [6.45, 7) is 43.5. The number of carbonyl (C=O) groups excluding carboxylic acids is 1. The number of carbonyl (C=O) groups is 3. The first-order valence-electron chi connectivity index (χ1n) is 31.3. The van der Waals surface area contributed by atoms with Gasteiger partial charge in [-0.25, -0.2) is 9.59 Å². The van der Waals surface area contributed by atoms with Crippen LogP contribution in [0.4, 0.5) is 0 Å². The van der Waals surface area contributed by atoms with Crippen LogP contribution in [0.3, 0.4) is 0 Å². The van der Waals surface area contributed by atoms with E-state index in [9.17, 15) is 14.4 Å². The minimum absolute atomic E-state index is 0.0985. The summed E-state index contributed by atoms with van der Waals surface area (Å²) in [5, 5.41) is 26.1. The lowest BCUT2D eigenvalue weighted by Gasteiger charge is -2.33. The highest BCUT2D eigenvalue weighted by atomic mass is 16.4. The molecular weight excluding hydrogens is 1060 g/mol. The van der Waals surface area contributed by atoms with Gasteiger partial charge in [-0.3, -0.25) is 4.79 Å². The van der Waals surface area contributed by atoms with Gasteiger partial charge in [-0.15, -0.1) is 0 Å². The van der Waals surface area contributed by atoms with Crippen LogP contribution in [0.5, 0.6) is 0 Å². The third-order valence-corrected chi connectivity index (χ3v) is 16.5. The number of allylic oxidation sites excluding steroid dienone is 37. The van der Waals surface area contributed by atoms with Gasteiger partial charge in [-0.2, -0.15) is 0 Å². The van der Waals surface area contributed by atoms with Crippen molar-refractivity contribution in [3.8, 4) is 0 Å². The molecule has 0 aromatic carbocycles. The van der Waals surface area contributed by atoms with E-state index in [-0.39, 0.29) is 22.9 Å². The van der Waals surface area contributed by atoms with Crippen molar-refractivity contribution in [1.29, 1.82) is 0 Å². The Morgan fingerprint density at radius 2 is 0.605 bits per heavy atom. The normalized spacial score (nSPS) is 20.5. The van der Waals surface area contributed by atoms with Crippen LogP contribution in [0.25, 0.3) is 0 Å². The standard InChI is InChI=1S/2C20H28O2.C20H30O.C20H28O/c2*1-15(8-6-9-16(2)14-19(21)22)11-12-18-17(3)10-7-13-20(18,4)5;2*1-16(8-6-9-17(2)13-15-21)11-12-19-18(3)10-7-14-20(19,4)5/h2*6,8-9,11-12,14H,7,10,13H2,1-5H3,(H,21,22);6,8-9,11-13,21H,7,10,14-15H2,1-5H3;6,8-9,11-13,15H,7,10,14H2,1-5H3/b9-6+,12-11+,15-8+,16-14+;9-6-,12-11+,15-8+,16-14+;2*9-6+,12-11+,16-8+,17-13+. The molecule has 6 nitrogen and oxygen atoms in total. The van der Waals surface area contributed by atoms with Crippen LogP contribution in [0.15, 0.2) is 235 Å². The molecule has 0 atom stereocenters. The molecule has 0 spiro atoms. The monoisotopic (exact) mass is 1170 g/mol. The number of aliphatic hydroxyl groups excluding tert-OH is 1. The molecule has 4 rings (SSSR count). The molecule has 0 amide bonds. The average molecular weight is 1170 g/mol. The van der Waals surface area contributed by atoms with E-state index in [1.54, 1.807) is 38.2 Å². The Hall–Kier alpha value is -6.63. The van der Waals surface area contributed by atoms with Crippen LogP contribution in [-0.2, 0) is 14.4 Å². The molecule has 0 aromatic heterocycles. The maximum atomic E-state index is 10.5. The fraction of sp³-hybridized carbons (Fsp3) is 0.463. The molecule has 0 fully saturated rings. The molecule has 0 aliphatic heterocycles. The van der Waals surface area contributed by atoms with Crippen LogP contribution < -0.4 is 0 Å². The van der Waals surface area contributed by atoms with Gasteiger partial charge in [0.05, 0.1) is 6.61 Å². The zero-order chi connectivity index (χ0) is 65.3. The van der Waals surface area contributed by atoms with E-state index in [4.69, 9.17) is 15.3 Å². The molecule has 0 heterocycles. The fourth-order valence-electron chi connectivity index (χ4n) is 11.4.